The second-order valence-electron chi connectivity index (χ2n) is 4.66. The van der Waals surface area contributed by atoms with Gasteiger partial charge in [-0.05, 0) is 38.0 Å². The largest absolute Gasteiger partial charge is 0.479 e. The third-order valence-electron chi connectivity index (χ3n) is 2.84. The van der Waals surface area contributed by atoms with E-state index in [1.165, 1.54) is 0 Å². The fourth-order valence-electron chi connectivity index (χ4n) is 1.94. The molecule has 0 spiro atoms. The molecule has 0 aliphatic carbocycles. The van der Waals surface area contributed by atoms with Gasteiger partial charge in [0.25, 0.3) is 5.91 Å². The molecule has 0 saturated heterocycles. The van der Waals surface area contributed by atoms with Gasteiger partial charge in [0.15, 0.2) is 6.10 Å². The third kappa shape index (κ3) is 4.88. The average molecular weight is 318 g/mol. The van der Waals surface area contributed by atoms with E-state index in [9.17, 15) is 4.79 Å². The Hall–Kier alpha value is -0.930. The molecule has 0 aromatic heterocycles. The smallest absolute Gasteiger partial charge is 0.263 e. The van der Waals surface area contributed by atoms with Gasteiger partial charge >= 0.3 is 0 Å². The monoisotopic (exact) mass is 317 g/mol. The number of benzene rings is 1. The van der Waals surface area contributed by atoms with Gasteiger partial charge < -0.3 is 9.64 Å². The molecule has 0 aliphatic heterocycles. The molecule has 1 amide bonds. The topological polar surface area (TPSA) is 29.5 Å². The molecular weight excluding hydrogens is 297 g/mol. The molecule has 0 N–H and O–H groups in total. The molecule has 20 heavy (non-hydrogen) atoms. The van der Waals surface area contributed by atoms with Gasteiger partial charge in [0.2, 0.25) is 0 Å². The van der Waals surface area contributed by atoms with Crippen LogP contribution in [0.2, 0.25) is 10.0 Å². The minimum absolute atomic E-state index is 0.0142. The summed E-state index contributed by atoms with van der Waals surface area (Å²) in [4.78, 5) is 14.2. The molecule has 1 aromatic carbocycles. The molecular formula is C15H21Cl2NO2. The molecule has 1 atom stereocenters. The number of hydrogen-bond acceptors (Lipinski definition) is 2. The van der Waals surface area contributed by atoms with Crippen LogP contribution in [0.4, 0.5) is 0 Å². The summed E-state index contributed by atoms with van der Waals surface area (Å²) in [5.74, 6) is 0.463. The molecule has 0 aliphatic rings. The van der Waals surface area contributed by atoms with E-state index in [0.29, 0.717) is 15.8 Å². The van der Waals surface area contributed by atoms with Crippen LogP contribution in [0, 0.1) is 0 Å². The van der Waals surface area contributed by atoms with Crippen LogP contribution >= 0.6 is 23.2 Å². The highest BCUT2D eigenvalue weighted by molar-refractivity contribution is 6.35. The first-order chi connectivity index (χ1) is 9.49. The Morgan fingerprint density at radius 1 is 1.25 bits per heavy atom. The highest BCUT2D eigenvalue weighted by atomic mass is 35.5. The predicted molar refractivity (Wildman–Crippen MR) is 83.7 cm³/mol. The van der Waals surface area contributed by atoms with Crippen molar-refractivity contribution >= 4 is 29.1 Å². The number of rotatable bonds is 7. The van der Waals surface area contributed by atoms with Crippen LogP contribution in [0.5, 0.6) is 5.75 Å². The first-order valence-corrected chi connectivity index (χ1v) is 7.65. The Balaban J connectivity index is 2.73. The molecule has 0 radical (unpaired) electrons. The van der Waals surface area contributed by atoms with Crippen molar-refractivity contribution in [3.05, 3.63) is 28.2 Å². The zero-order valence-corrected chi connectivity index (χ0v) is 13.7. The highest BCUT2D eigenvalue weighted by Crippen LogP contribution is 2.28. The average Bonchev–Trinajstić information content (AvgIpc) is 2.40. The van der Waals surface area contributed by atoms with E-state index < -0.39 is 6.10 Å². The summed E-state index contributed by atoms with van der Waals surface area (Å²) < 4.78 is 5.65. The summed E-state index contributed by atoms with van der Waals surface area (Å²) >= 11 is 11.9. The van der Waals surface area contributed by atoms with E-state index in [-0.39, 0.29) is 5.91 Å². The van der Waals surface area contributed by atoms with Gasteiger partial charge in [0, 0.05) is 18.1 Å². The molecule has 0 heterocycles. The fourth-order valence-corrected chi connectivity index (χ4v) is 2.39. The third-order valence-corrected chi connectivity index (χ3v) is 3.37. The molecule has 1 aromatic rings. The predicted octanol–water partition coefficient (Wildman–Crippen LogP) is 4.41. The van der Waals surface area contributed by atoms with Crippen molar-refractivity contribution in [3.8, 4) is 5.75 Å². The lowest BCUT2D eigenvalue weighted by Crippen LogP contribution is -2.41. The van der Waals surface area contributed by atoms with Gasteiger partial charge in [-0.1, -0.05) is 37.0 Å². The summed E-state index contributed by atoms with van der Waals surface area (Å²) in [6, 6.07) is 4.97. The Morgan fingerprint density at radius 2 is 1.85 bits per heavy atom. The van der Waals surface area contributed by atoms with Gasteiger partial charge in [-0.2, -0.15) is 0 Å². The van der Waals surface area contributed by atoms with E-state index in [4.69, 9.17) is 27.9 Å². The second-order valence-corrected chi connectivity index (χ2v) is 5.50. The Kier molecular flexibility index (Phi) is 7.17. The Bertz CT molecular complexity index is 445. The molecule has 1 unspecified atom stereocenters. The van der Waals surface area contributed by atoms with E-state index >= 15 is 0 Å². The van der Waals surface area contributed by atoms with Crippen molar-refractivity contribution in [1.82, 2.24) is 4.90 Å². The molecule has 112 valence electrons. The zero-order chi connectivity index (χ0) is 15.1. The molecule has 1 rings (SSSR count). The van der Waals surface area contributed by atoms with Gasteiger partial charge in [0.05, 0.1) is 5.02 Å². The lowest BCUT2D eigenvalue weighted by Gasteiger charge is -2.25. The van der Waals surface area contributed by atoms with Gasteiger partial charge in [-0.15, -0.1) is 0 Å². The molecule has 0 bridgehead atoms. The van der Waals surface area contributed by atoms with Crippen LogP contribution in [0.1, 0.15) is 33.6 Å². The van der Waals surface area contributed by atoms with Crippen molar-refractivity contribution in [1.29, 1.82) is 0 Å². The Labute approximate surface area is 130 Å². The minimum Gasteiger partial charge on any atom is -0.479 e. The van der Waals surface area contributed by atoms with Crippen molar-refractivity contribution < 1.29 is 9.53 Å². The van der Waals surface area contributed by atoms with Crippen molar-refractivity contribution in [3.63, 3.8) is 0 Å². The summed E-state index contributed by atoms with van der Waals surface area (Å²) in [5, 5.41) is 0.953. The number of amides is 1. The minimum atomic E-state index is -0.563. The molecule has 0 saturated carbocycles. The zero-order valence-electron chi connectivity index (χ0n) is 12.2. The number of carbonyl (C=O) groups excluding carboxylic acids is 1. The second kappa shape index (κ2) is 8.38. The quantitative estimate of drug-likeness (QED) is 0.745. The fraction of sp³-hybridized carbons (Fsp3) is 0.533. The summed E-state index contributed by atoms with van der Waals surface area (Å²) in [6.07, 6.45) is 1.30. The molecule has 3 nitrogen and oxygen atoms in total. The number of carbonyl (C=O) groups is 1. The van der Waals surface area contributed by atoms with Crippen LogP contribution in [-0.2, 0) is 4.79 Å². The number of hydrogen-bond donors (Lipinski definition) is 0. The SMILES string of the molecule is CCCN(CCC)C(=O)C(C)Oc1ccc(Cl)cc1Cl. The van der Waals surface area contributed by atoms with Gasteiger partial charge in [0.1, 0.15) is 5.75 Å². The number of ether oxygens (including phenoxy) is 1. The standard InChI is InChI=1S/C15H21Cl2NO2/c1-4-8-18(9-5-2)15(19)11(3)20-14-7-6-12(16)10-13(14)17/h6-7,10-11H,4-5,8-9H2,1-3H3. The Morgan fingerprint density at radius 3 is 2.35 bits per heavy atom. The highest BCUT2D eigenvalue weighted by Gasteiger charge is 2.21. The van der Waals surface area contributed by atoms with Crippen LogP contribution in [0.15, 0.2) is 18.2 Å². The van der Waals surface area contributed by atoms with E-state index in [1.807, 2.05) is 4.90 Å². The van der Waals surface area contributed by atoms with E-state index in [2.05, 4.69) is 13.8 Å². The van der Waals surface area contributed by atoms with Crippen LogP contribution < -0.4 is 4.74 Å². The maximum absolute atomic E-state index is 12.3. The van der Waals surface area contributed by atoms with Crippen molar-refractivity contribution in [2.45, 2.75) is 39.7 Å². The maximum Gasteiger partial charge on any atom is 0.263 e. The maximum atomic E-state index is 12.3. The summed E-state index contributed by atoms with van der Waals surface area (Å²) in [7, 11) is 0. The lowest BCUT2D eigenvalue weighted by atomic mass is 10.2. The number of halogens is 2. The van der Waals surface area contributed by atoms with E-state index in [1.54, 1.807) is 25.1 Å². The summed E-state index contributed by atoms with van der Waals surface area (Å²) in [5.41, 5.74) is 0. The molecule has 5 heteroatoms. The lowest BCUT2D eigenvalue weighted by molar-refractivity contribution is -0.138. The van der Waals surface area contributed by atoms with Gasteiger partial charge in [-0.3, -0.25) is 4.79 Å². The summed E-state index contributed by atoms with van der Waals surface area (Å²) in [6.45, 7) is 7.34. The first-order valence-electron chi connectivity index (χ1n) is 6.90. The van der Waals surface area contributed by atoms with Gasteiger partial charge in [-0.25, -0.2) is 0 Å². The number of nitrogens with zero attached hydrogens (tertiary/aromatic N) is 1. The van der Waals surface area contributed by atoms with Crippen LogP contribution in [-0.4, -0.2) is 30.0 Å². The van der Waals surface area contributed by atoms with Crippen molar-refractivity contribution in [2.24, 2.45) is 0 Å². The van der Waals surface area contributed by atoms with Crippen molar-refractivity contribution in [2.75, 3.05) is 13.1 Å². The molecule has 0 fully saturated rings. The van der Waals surface area contributed by atoms with E-state index in [0.717, 1.165) is 25.9 Å². The van der Waals surface area contributed by atoms with Crippen LogP contribution in [0.3, 0.4) is 0 Å². The van der Waals surface area contributed by atoms with Crippen LogP contribution in [0.25, 0.3) is 0 Å². The normalized spacial score (nSPS) is 12.1. The first kappa shape index (κ1) is 17.1.